The van der Waals surface area contributed by atoms with Crippen LogP contribution in [0.25, 0.3) is 0 Å². The number of aliphatic carboxylic acids is 1. The fourth-order valence-electron chi connectivity index (χ4n) is 0.817. The Hall–Kier alpha value is 0.0269. The van der Waals surface area contributed by atoms with Crippen LogP contribution in [-0.2, 0) is 27.2 Å². The van der Waals surface area contributed by atoms with Gasteiger partial charge in [-0.05, 0) is 13.8 Å². The van der Waals surface area contributed by atoms with Crippen molar-refractivity contribution in [3.63, 3.8) is 0 Å². The second-order valence-electron chi connectivity index (χ2n) is 3.80. The second kappa shape index (κ2) is 14.0. The number of hydrogen-bond acceptors (Lipinski definition) is 6. The molecule has 7 nitrogen and oxygen atoms in total. The first-order valence-corrected chi connectivity index (χ1v) is 12.7. The van der Waals surface area contributed by atoms with Gasteiger partial charge < -0.3 is 18.4 Å². The molecule has 0 bridgehead atoms. The first kappa shape index (κ1) is 25.0. The van der Waals surface area contributed by atoms with E-state index in [0.717, 1.165) is 6.92 Å². The fraction of sp³-hybridized carbons (Fsp3) is 0.900. The smallest absolute Gasteiger partial charge is 0.327 e. The zero-order valence-electron chi connectivity index (χ0n) is 13.4. The van der Waals surface area contributed by atoms with Crippen molar-refractivity contribution in [2.75, 3.05) is 33.2 Å². The maximum Gasteiger partial charge on any atom is 0.327 e. The monoisotopic (exact) mass is 350 g/mol. The lowest BCUT2D eigenvalue weighted by Crippen LogP contribution is -1.92. The van der Waals surface area contributed by atoms with Crippen LogP contribution in [0.4, 0.5) is 0 Å². The highest BCUT2D eigenvalue weighted by molar-refractivity contribution is 7.58. The summed E-state index contributed by atoms with van der Waals surface area (Å²) < 4.78 is 36.1. The van der Waals surface area contributed by atoms with Gasteiger partial charge in [0.15, 0.2) is 17.1 Å². The zero-order chi connectivity index (χ0) is 16.8. The van der Waals surface area contributed by atoms with Crippen LogP contribution in [0.5, 0.6) is 0 Å². The topological polar surface area (TPSA) is 99.1 Å². The van der Waals surface area contributed by atoms with Crippen LogP contribution in [-0.4, -0.2) is 54.0 Å². The standard InChI is InChI=1S/C5H13O3P.C3H11O2PSi.C2H4O2/c1-4-7-9(3,6)8-5-2;1-6(2,4)5-7-3;1-2(3)4/h4-5H2,1-3H3;7H2,1-3H3;1H3,(H,3,4). The van der Waals surface area contributed by atoms with Crippen LogP contribution in [0, 0.1) is 0 Å². The van der Waals surface area contributed by atoms with Gasteiger partial charge in [0.2, 0.25) is 0 Å². The average molecular weight is 350 g/mol. The highest BCUT2D eigenvalue weighted by Gasteiger charge is 2.13. The molecule has 0 saturated heterocycles. The zero-order valence-corrected chi connectivity index (χ0v) is 16.6. The highest BCUT2D eigenvalue weighted by Crippen LogP contribution is 2.43. The van der Waals surface area contributed by atoms with E-state index in [0.29, 0.717) is 13.2 Å². The van der Waals surface area contributed by atoms with E-state index in [2.05, 4.69) is 0 Å². The molecule has 10 heteroatoms. The molecule has 0 rings (SSSR count). The lowest BCUT2D eigenvalue weighted by Gasteiger charge is -2.10. The molecule has 0 heterocycles. The van der Waals surface area contributed by atoms with E-state index in [4.69, 9.17) is 23.2 Å². The highest BCUT2D eigenvalue weighted by atomic mass is 31.2. The summed E-state index contributed by atoms with van der Waals surface area (Å²) in [6.07, 6.45) is 0. The van der Waals surface area contributed by atoms with Gasteiger partial charge in [-0.25, -0.2) is 0 Å². The van der Waals surface area contributed by atoms with Gasteiger partial charge in [-0.15, -0.1) is 0 Å². The summed E-state index contributed by atoms with van der Waals surface area (Å²) in [6, 6.07) is 0. The molecule has 0 aliphatic heterocycles. The summed E-state index contributed by atoms with van der Waals surface area (Å²) >= 11 is 0. The van der Waals surface area contributed by atoms with Gasteiger partial charge in [0.25, 0.3) is 5.97 Å². The maximum absolute atomic E-state index is 11.0. The Morgan fingerprint density at radius 2 is 1.40 bits per heavy atom. The van der Waals surface area contributed by atoms with Crippen LogP contribution in [0.15, 0.2) is 0 Å². The summed E-state index contributed by atoms with van der Waals surface area (Å²) in [5.41, 5.74) is 0. The van der Waals surface area contributed by atoms with Crippen LogP contribution in [0.3, 0.4) is 0 Å². The molecule has 0 spiro atoms. The van der Waals surface area contributed by atoms with Crippen LogP contribution < -0.4 is 0 Å². The van der Waals surface area contributed by atoms with Crippen molar-refractivity contribution in [1.82, 2.24) is 0 Å². The van der Waals surface area contributed by atoms with E-state index in [1.54, 1.807) is 27.2 Å². The molecular weight excluding hydrogens is 322 g/mol. The van der Waals surface area contributed by atoms with Crippen molar-refractivity contribution in [2.45, 2.75) is 27.3 Å². The molecule has 0 fully saturated rings. The SMILES string of the molecule is CC(=O)O.CCOP(C)(=O)OCC.C[SiH2]OP(C)(C)=O. The van der Waals surface area contributed by atoms with E-state index < -0.39 is 30.7 Å². The van der Waals surface area contributed by atoms with E-state index in [-0.39, 0.29) is 0 Å². The van der Waals surface area contributed by atoms with Gasteiger partial charge in [-0.3, -0.25) is 13.9 Å². The second-order valence-corrected chi connectivity index (χ2v) is 9.97. The Morgan fingerprint density at radius 1 is 1.10 bits per heavy atom. The van der Waals surface area contributed by atoms with E-state index >= 15 is 0 Å². The Morgan fingerprint density at radius 3 is 1.50 bits per heavy atom. The molecule has 0 atom stereocenters. The quantitative estimate of drug-likeness (QED) is 0.580. The molecule has 0 aromatic carbocycles. The summed E-state index contributed by atoms with van der Waals surface area (Å²) in [5.74, 6) is -0.833. The summed E-state index contributed by atoms with van der Waals surface area (Å²) in [7, 11) is -5.25. The Kier molecular flexibility index (Phi) is 17.5. The van der Waals surface area contributed by atoms with Crippen molar-refractivity contribution in [3.05, 3.63) is 0 Å². The molecule has 0 aliphatic rings. The first-order chi connectivity index (χ1) is 8.91. The van der Waals surface area contributed by atoms with Gasteiger partial charge in [-0.2, -0.15) is 0 Å². The fourth-order valence-corrected chi connectivity index (χ4v) is 4.32. The molecule has 0 aromatic heterocycles. The molecule has 0 unspecified atom stereocenters. The molecular formula is C10H28O7P2Si. The Balaban J connectivity index is -0.000000234. The van der Waals surface area contributed by atoms with Gasteiger partial charge in [0.05, 0.1) is 13.2 Å². The van der Waals surface area contributed by atoms with Crippen LogP contribution in [0.2, 0.25) is 6.55 Å². The summed E-state index contributed by atoms with van der Waals surface area (Å²) in [4.78, 5) is 9.00. The predicted octanol–water partition coefficient (Wildman–Crippen LogP) is 2.65. The minimum Gasteiger partial charge on any atom is -0.481 e. The van der Waals surface area contributed by atoms with Gasteiger partial charge >= 0.3 is 7.60 Å². The average Bonchev–Trinajstić information content (AvgIpc) is 2.14. The van der Waals surface area contributed by atoms with Gasteiger partial charge in [0, 0.05) is 26.9 Å². The van der Waals surface area contributed by atoms with Crippen molar-refractivity contribution in [1.29, 1.82) is 0 Å². The summed E-state index contributed by atoms with van der Waals surface area (Å²) in [5, 5.41) is 7.42. The third-order valence-electron chi connectivity index (χ3n) is 1.17. The number of carboxylic acids is 1. The maximum atomic E-state index is 11.0. The molecule has 0 aromatic rings. The van der Waals surface area contributed by atoms with Gasteiger partial charge in [-0.1, -0.05) is 6.55 Å². The Bertz CT molecular complexity index is 316. The number of carboxylic acid groups (broad SMARTS) is 1. The minimum absolute atomic E-state index is 0.438. The number of rotatable bonds is 6. The third-order valence-corrected chi connectivity index (χ3v) is 6.14. The van der Waals surface area contributed by atoms with Crippen LogP contribution >= 0.6 is 15.0 Å². The normalized spacial score (nSPS) is 11.3. The predicted molar refractivity (Wildman–Crippen MR) is 85.0 cm³/mol. The largest absolute Gasteiger partial charge is 0.481 e. The van der Waals surface area contributed by atoms with Crippen molar-refractivity contribution < 1.29 is 32.3 Å². The minimum atomic E-state index is -2.69. The van der Waals surface area contributed by atoms with Gasteiger partial charge in [0.1, 0.15) is 0 Å². The van der Waals surface area contributed by atoms with E-state index in [1.165, 1.54) is 6.66 Å². The van der Waals surface area contributed by atoms with E-state index in [9.17, 15) is 9.13 Å². The molecule has 0 aliphatic carbocycles. The molecule has 0 radical (unpaired) electrons. The Labute approximate surface area is 124 Å². The lowest BCUT2D eigenvalue weighted by molar-refractivity contribution is -0.134. The molecule has 0 amide bonds. The number of carbonyl (C=O) groups is 1. The number of hydrogen-bond donors (Lipinski definition) is 1. The first-order valence-electron chi connectivity index (χ1n) is 6.17. The third kappa shape index (κ3) is 36.1. The van der Waals surface area contributed by atoms with Crippen LogP contribution in [0.1, 0.15) is 20.8 Å². The lowest BCUT2D eigenvalue weighted by atomic mass is 10.9. The molecule has 1 N–H and O–H groups in total. The summed E-state index contributed by atoms with van der Waals surface area (Å²) in [6.45, 7) is 12.3. The molecule has 124 valence electrons. The molecule has 20 heavy (non-hydrogen) atoms. The van der Waals surface area contributed by atoms with E-state index in [1.807, 2.05) is 6.55 Å². The van der Waals surface area contributed by atoms with Crippen molar-refractivity contribution in [3.8, 4) is 0 Å². The van der Waals surface area contributed by atoms with Crippen molar-refractivity contribution >= 4 is 30.7 Å². The molecule has 0 saturated carbocycles. The van der Waals surface area contributed by atoms with Crippen molar-refractivity contribution in [2.24, 2.45) is 0 Å².